The van der Waals surface area contributed by atoms with Gasteiger partial charge in [0.25, 0.3) is 0 Å². The van der Waals surface area contributed by atoms with E-state index in [2.05, 4.69) is 23.6 Å². The quantitative estimate of drug-likeness (QED) is 0.742. The first kappa shape index (κ1) is 15.1. The number of thiocarbonyl (C=S) groups is 1. The summed E-state index contributed by atoms with van der Waals surface area (Å²) in [6.07, 6.45) is 0.943. The molecule has 2 aromatic rings. The fourth-order valence-electron chi connectivity index (χ4n) is 1.81. The van der Waals surface area contributed by atoms with E-state index < -0.39 is 0 Å². The summed E-state index contributed by atoms with van der Waals surface area (Å²) >= 11 is 17.2. The standard InChI is InChI=1S/C15H14Cl2N2S/c1-2-10-5-3-4-6-14(10)19-15(20)18-11-7-8-12(16)13(17)9-11/h3-9H,2H2,1H3,(H2,18,19,20). The Morgan fingerprint density at radius 1 is 1.05 bits per heavy atom. The van der Waals surface area contributed by atoms with Crippen LogP contribution in [0.3, 0.4) is 0 Å². The molecule has 0 spiro atoms. The maximum Gasteiger partial charge on any atom is 0.175 e. The highest BCUT2D eigenvalue weighted by Gasteiger charge is 2.04. The van der Waals surface area contributed by atoms with Gasteiger partial charge in [0.05, 0.1) is 10.0 Å². The van der Waals surface area contributed by atoms with Crippen molar-refractivity contribution in [3.05, 3.63) is 58.1 Å². The number of rotatable bonds is 3. The molecule has 2 N–H and O–H groups in total. The molecule has 0 atom stereocenters. The van der Waals surface area contributed by atoms with Crippen molar-refractivity contribution in [2.24, 2.45) is 0 Å². The summed E-state index contributed by atoms with van der Waals surface area (Å²) in [6, 6.07) is 13.4. The van der Waals surface area contributed by atoms with Crippen LogP contribution in [0.25, 0.3) is 0 Å². The summed E-state index contributed by atoms with van der Waals surface area (Å²) < 4.78 is 0. The van der Waals surface area contributed by atoms with Gasteiger partial charge in [-0.25, -0.2) is 0 Å². The van der Waals surface area contributed by atoms with E-state index in [0.717, 1.165) is 17.8 Å². The van der Waals surface area contributed by atoms with Crippen molar-refractivity contribution < 1.29 is 0 Å². The number of hydrogen-bond donors (Lipinski definition) is 2. The van der Waals surface area contributed by atoms with Gasteiger partial charge in [-0.05, 0) is 48.5 Å². The van der Waals surface area contributed by atoms with Gasteiger partial charge in [-0.2, -0.15) is 0 Å². The summed E-state index contributed by atoms with van der Waals surface area (Å²) in [5, 5.41) is 7.81. The van der Waals surface area contributed by atoms with Gasteiger partial charge in [0, 0.05) is 11.4 Å². The minimum atomic E-state index is 0.494. The van der Waals surface area contributed by atoms with E-state index in [1.807, 2.05) is 24.3 Å². The minimum absolute atomic E-state index is 0.494. The Hall–Kier alpha value is -1.29. The van der Waals surface area contributed by atoms with Crippen LogP contribution < -0.4 is 10.6 Å². The molecular formula is C15H14Cl2N2S. The number of benzene rings is 2. The molecule has 2 nitrogen and oxygen atoms in total. The number of anilines is 2. The third kappa shape index (κ3) is 3.85. The lowest BCUT2D eigenvalue weighted by molar-refractivity contribution is 1.14. The van der Waals surface area contributed by atoms with Crippen molar-refractivity contribution in [1.29, 1.82) is 0 Å². The fraction of sp³-hybridized carbons (Fsp3) is 0.133. The first-order valence-electron chi connectivity index (χ1n) is 6.21. The predicted molar refractivity (Wildman–Crippen MR) is 92.1 cm³/mol. The Kier molecular flexibility index (Phi) is 5.24. The molecule has 5 heteroatoms. The van der Waals surface area contributed by atoms with Crippen LogP contribution in [-0.4, -0.2) is 5.11 Å². The summed E-state index contributed by atoms with van der Waals surface area (Å²) in [5.74, 6) is 0. The molecule has 0 aliphatic rings. The zero-order valence-corrected chi connectivity index (χ0v) is 13.2. The van der Waals surface area contributed by atoms with Crippen LogP contribution in [0.15, 0.2) is 42.5 Å². The molecule has 0 saturated heterocycles. The first-order valence-corrected chi connectivity index (χ1v) is 7.37. The van der Waals surface area contributed by atoms with Crippen molar-refractivity contribution in [2.45, 2.75) is 13.3 Å². The van der Waals surface area contributed by atoms with E-state index in [9.17, 15) is 0 Å². The molecule has 2 rings (SSSR count). The number of hydrogen-bond acceptors (Lipinski definition) is 1. The first-order chi connectivity index (χ1) is 9.60. The summed E-state index contributed by atoms with van der Waals surface area (Å²) in [4.78, 5) is 0. The molecule has 0 amide bonds. The van der Waals surface area contributed by atoms with Gasteiger partial charge in [-0.15, -0.1) is 0 Å². The highest BCUT2D eigenvalue weighted by Crippen LogP contribution is 2.25. The number of halogens is 2. The van der Waals surface area contributed by atoms with Crippen LogP contribution >= 0.6 is 35.4 Å². The largest absolute Gasteiger partial charge is 0.332 e. The van der Waals surface area contributed by atoms with Crippen LogP contribution in [0.2, 0.25) is 10.0 Å². The normalized spacial score (nSPS) is 10.2. The lowest BCUT2D eigenvalue weighted by Crippen LogP contribution is -2.19. The SMILES string of the molecule is CCc1ccccc1NC(=S)Nc1ccc(Cl)c(Cl)c1. The van der Waals surface area contributed by atoms with E-state index in [1.165, 1.54) is 5.56 Å². The molecule has 0 aliphatic heterocycles. The zero-order valence-electron chi connectivity index (χ0n) is 10.9. The Bertz CT molecular complexity index is 629. The summed E-state index contributed by atoms with van der Waals surface area (Å²) in [5.41, 5.74) is 3.02. The van der Waals surface area contributed by atoms with Gasteiger partial charge in [-0.1, -0.05) is 48.3 Å². The molecule has 2 aromatic carbocycles. The van der Waals surface area contributed by atoms with Gasteiger partial charge in [0.2, 0.25) is 0 Å². The van der Waals surface area contributed by atoms with Crippen LogP contribution in [0.1, 0.15) is 12.5 Å². The second kappa shape index (κ2) is 6.93. The number of para-hydroxylation sites is 1. The molecule has 0 radical (unpaired) electrons. The van der Waals surface area contributed by atoms with Crippen molar-refractivity contribution in [3.63, 3.8) is 0 Å². The average molecular weight is 325 g/mol. The Labute approximate surface area is 134 Å². The second-order valence-electron chi connectivity index (χ2n) is 4.22. The Morgan fingerprint density at radius 3 is 2.50 bits per heavy atom. The highest BCUT2D eigenvalue weighted by molar-refractivity contribution is 7.80. The molecule has 20 heavy (non-hydrogen) atoms. The maximum atomic E-state index is 5.97. The third-order valence-corrected chi connectivity index (χ3v) is 3.77. The lowest BCUT2D eigenvalue weighted by atomic mass is 10.1. The van der Waals surface area contributed by atoms with Crippen molar-refractivity contribution in [2.75, 3.05) is 10.6 Å². The minimum Gasteiger partial charge on any atom is -0.332 e. The van der Waals surface area contributed by atoms with E-state index in [0.29, 0.717) is 15.2 Å². The van der Waals surface area contributed by atoms with Gasteiger partial charge in [0.15, 0.2) is 5.11 Å². The second-order valence-corrected chi connectivity index (χ2v) is 5.44. The molecule has 0 saturated carbocycles. The fourth-order valence-corrected chi connectivity index (χ4v) is 2.33. The van der Waals surface area contributed by atoms with Crippen LogP contribution in [0, 0.1) is 0 Å². The van der Waals surface area contributed by atoms with Crippen LogP contribution in [-0.2, 0) is 6.42 Å². The maximum absolute atomic E-state index is 5.97. The third-order valence-electron chi connectivity index (χ3n) is 2.82. The van der Waals surface area contributed by atoms with E-state index in [-0.39, 0.29) is 0 Å². The smallest absolute Gasteiger partial charge is 0.175 e. The van der Waals surface area contributed by atoms with E-state index >= 15 is 0 Å². The van der Waals surface area contributed by atoms with Crippen molar-refractivity contribution >= 4 is 51.9 Å². The highest BCUT2D eigenvalue weighted by atomic mass is 35.5. The number of nitrogens with one attached hydrogen (secondary N) is 2. The molecule has 0 fully saturated rings. The molecule has 104 valence electrons. The van der Waals surface area contributed by atoms with Crippen LogP contribution in [0.4, 0.5) is 11.4 Å². The molecule has 0 aromatic heterocycles. The average Bonchev–Trinajstić information content (AvgIpc) is 2.43. The van der Waals surface area contributed by atoms with Gasteiger partial charge >= 0.3 is 0 Å². The summed E-state index contributed by atoms with van der Waals surface area (Å²) in [6.45, 7) is 2.11. The predicted octanol–water partition coefficient (Wildman–Crippen LogP) is 5.36. The monoisotopic (exact) mass is 324 g/mol. The molecule has 0 aliphatic carbocycles. The van der Waals surface area contributed by atoms with E-state index in [1.54, 1.807) is 12.1 Å². The van der Waals surface area contributed by atoms with Gasteiger partial charge in [0.1, 0.15) is 0 Å². The molecular weight excluding hydrogens is 311 g/mol. The van der Waals surface area contributed by atoms with E-state index in [4.69, 9.17) is 35.4 Å². The molecule has 0 bridgehead atoms. The Morgan fingerprint density at radius 2 is 1.80 bits per heavy atom. The van der Waals surface area contributed by atoms with Crippen molar-refractivity contribution in [1.82, 2.24) is 0 Å². The van der Waals surface area contributed by atoms with Gasteiger partial charge < -0.3 is 10.6 Å². The van der Waals surface area contributed by atoms with Gasteiger partial charge in [-0.3, -0.25) is 0 Å². The lowest BCUT2D eigenvalue weighted by Gasteiger charge is -2.13. The summed E-state index contributed by atoms with van der Waals surface area (Å²) in [7, 11) is 0. The van der Waals surface area contributed by atoms with Crippen LogP contribution in [0.5, 0.6) is 0 Å². The zero-order chi connectivity index (χ0) is 14.5. The van der Waals surface area contributed by atoms with Crippen molar-refractivity contribution in [3.8, 4) is 0 Å². The molecule has 0 heterocycles. The molecule has 0 unspecified atom stereocenters. The number of aryl methyl sites for hydroxylation is 1. The Balaban J connectivity index is 2.07. The topological polar surface area (TPSA) is 24.1 Å².